The van der Waals surface area contributed by atoms with E-state index in [0.717, 1.165) is 28.6 Å². The van der Waals surface area contributed by atoms with Gasteiger partial charge in [-0.2, -0.15) is 0 Å². The molecule has 1 aliphatic rings. The van der Waals surface area contributed by atoms with Gasteiger partial charge in [-0.05, 0) is 13.0 Å². The summed E-state index contributed by atoms with van der Waals surface area (Å²) in [6.07, 6.45) is 4.52. The molecule has 26 heavy (non-hydrogen) atoms. The molecule has 136 valence electrons. The third kappa shape index (κ3) is 2.70. The summed E-state index contributed by atoms with van der Waals surface area (Å²) in [5.74, 6) is 0.0443. The van der Waals surface area contributed by atoms with E-state index in [9.17, 15) is 4.79 Å². The summed E-state index contributed by atoms with van der Waals surface area (Å²) in [5, 5.41) is 0.988. The zero-order valence-corrected chi connectivity index (χ0v) is 15.5. The van der Waals surface area contributed by atoms with Crippen LogP contribution in [-0.2, 0) is 31.8 Å². The van der Waals surface area contributed by atoms with Gasteiger partial charge in [0.05, 0.1) is 36.8 Å². The van der Waals surface area contributed by atoms with E-state index in [-0.39, 0.29) is 11.9 Å². The first kappa shape index (κ1) is 16.8. The first-order chi connectivity index (χ1) is 12.6. The van der Waals surface area contributed by atoms with Crippen molar-refractivity contribution in [1.29, 1.82) is 0 Å². The number of benzene rings is 1. The molecule has 0 saturated carbocycles. The molecule has 0 radical (unpaired) electrons. The Morgan fingerprint density at radius 1 is 1.27 bits per heavy atom. The lowest BCUT2D eigenvalue weighted by molar-refractivity contribution is 0.0388. The molecule has 0 fully saturated rings. The lowest BCUT2D eigenvalue weighted by Gasteiger charge is -2.35. The summed E-state index contributed by atoms with van der Waals surface area (Å²) in [7, 11) is 3.98. The van der Waals surface area contributed by atoms with Gasteiger partial charge in [-0.25, -0.2) is 4.98 Å². The average molecular weight is 352 g/mol. The summed E-state index contributed by atoms with van der Waals surface area (Å²) in [4.78, 5) is 19.9. The molecule has 3 aromatic rings. The van der Waals surface area contributed by atoms with Crippen LogP contribution in [-0.4, -0.2) is 44.2 Å². The zero-order valence-electron chi connectivity index (χ0n) is 15.5. The van der Waals surface area contributed by atoms with E-state index < -0.39 is 0 Å². The number of imidazole rings is 1. The van der Waals surface area contributed by atoms with Crippen molar-refractivity contribution in [2.24, 2.45) is 14.1 Å². The second kappa shape index (κ2) is 6.61. The molecule has 0 saturated heterocycles. The largest absolute Gasteiger partial charge is 0.380 e. The fourth-order valence-corrected chi connectivity index (χ4v) is 3.83. The third-order valence-corrected chi connectivity index (χ3v) is 5.24. The average Bonchev–Trinajstić information content (AvgIpc) is 3.19. The maximum atomic E-state index is 13.4. The topological polar surface area (TPSA) is 52.3 Å². The maximum Gasteiger partial charge on any atom is 0.256 e. The first-order valence-corrected chi connectivity index (χ1v) is 9.02. The zero-order chi connectivity index (χ0) is 18.3. The lowest BCUT2D eigenvalue weighted by atomic mass is 10.0. The van der Waals surface area contributed by atoms with Gasteiger partial charge in [-0.15, -0.1) is 0 Å². The highest BCUT2D eigenvalue weighted by molar-refractivity contribution is 6.07. The van der Waals surface area contributed by atoms with Gasteiger partial charge in [-0.1, -0.05) is 18.2 Å². The number of para-hydroxylation sites is 1. The van der Waals surface area contributed by atoms with E-state index in [1.807, 2.05) is 71.8 Å². The van der Waals surface area contributed by atoms with E-state index >= 15 is 0 Å². The lowest BCUT2D eigenvalue weighted by Crippen LogP contribution is -2.47. The number of aryl methyl sites for hydroxylation is 2. The Morgan fingerprint density at radius 2 is 2.08 bits per heavy atom. The van der Waals surface area contributed by atoms with Gasteiger partial charge >= 0.3 is 0 Å². The van der Waals surface area contributed by atoms with E-state index in [0.29, 0.717) is 19.8 Å². The summed E-state index contributed by atoms with van der Waals surface area (Å²) >= 11 is 0. The van der Waals surface area contributed by atoms with Gasteiger partial charge < -0.3 is 18.8 Å². The highest BCUT2D eigenvalue weighted by atomic mass is 16.5. The Kier molecular flexibility index (Phi) is 4.28. The van der Waals surface area contributed by atoms with E-state index in [1.54, 1.807) is 0 Å². The number of carbonyl (C=O) groups excluding carboxylic acids is 1. The smallest absolute Gasteiger partial charge is 0.256 e. The molecule has 1 atom stereocenters. The SMILES string of the molecule is CCOC[C@@H]1Cc2c(ncn2C)CN1C(=O)c1cn(C)c2ccccc12. The van der Waals surface area contributed by atoms with E-state index in [1.165, 1.54) is 5.69 Å². The van der Waals surface area contributed by atoms with Gasteiger partial charge in [0.25, 0.3) is 5.91 Å². The van der Waals surface area contributed by atoms with Crippen LogP contribution >= 0.6 is 0 Å². The van der Waals surface area contributed by atoms with Crippen molar-refractivity contribution in [1.82, 2.24) is 19.0 Å². The molecule has 1 aliphatic heterocycles. The molecule has 0 aliphatic carbocycles. The van der Waals surface area contributed by atoms with Crippen molar-refractivity contribution < 1.29 is 9.53 Å². The molecule has 0 spiro atoms. The molecule has 1 aromatic carbocycles. The maximum absolute atomic E-state index is 13.4. The predicted octanol–water partition coefficient (Wildman–Crippen LogP) is 2.52. The van der Waals surface area contributed by atoms with Crippen molar-refractivity contribution >= 4 is 16.8 Å². The van der Waals surface area contributed by atoms with Gasteiger partial charge in [0, 0.05) is 49.9 Å². The third-order valence-electron chi connectivity index (χ3n) is 5.24. The van der Waals surface area contributed by atoms with Gasteiger partial charge in [-0.3, -0.25) is 4.79 Å². The summed E-state index contributed by atoms with van der Waals surface area (Å²) in [6, 6.07) is 8.04. The van der Waals surface area contributed by atoms with Gasteiger partial charge in [0.15, 0.2) is 0 Å². The number of aromatic nitrogens is 3. The molecule has 0 bridgehead atoms. The number of amides is 1. The van der Waals surface area contributed by atoms with Gasteiger partial charge in [0.1, 0.15) is 0 Å². The Morgan fingerprint density at radius 3 is 2.88 bits per heavy atom. The van der Waals surface area contributed by atoms with Crippen LogP contribution in [0.1, 0.15) is 28.7 Å². The molecule has 6 heteroatoms. The van der Waals surface area contributed by atoms with Crippen molar-refractivity contribution in [3.05, 3.63) is 53.7 Å². The number of carbonyl (C=O) groups is 1. The van der Waals surface area contributed by atoms with Crippen LogP contribution in [0.2, 0.25) is 0 Å². The Bertz CT molecular complexity index is 956. The molecule has 4 rings (SSSR count). The molecule has 1 amide bonds. The highest BCUT2D eigenvalue weighted by Gasteiger charge is 2.33. The van der Waals surface area contributed by atoms with Crippen LogP contribution in [0.3, 0.4) is 0 Å². The van der Waals surface area contributed by atoms with Crippen LogP contribution in [0, 0.1) is 0 Å². The van der Waals surface area contributed by atoms with Gasteiger partial charge in [0.2, 0.25) is 0 Å². The first-order valence-electron chi connectivity index (χ1n) is 9.02. The number of nitrogens with zero attached hydrogens (tertiary/aromatic N) is 4. The van der Waals surface area contributed by atoms with E-state index in [4.69, 9.17) is 4.74 Å². The minimum Gasteiger partial charge on any atom is -0.380 e. The molecular formula is C20H24N4O2. The molecule has 3 heterocycles. The molecule has 0 unspecified atom stereocenters. The Balaban J connectivity index is 1.72. The molecule has 0 N–H and O–H groups in total. The normalized spacial score (nSPS) is 16.9. The summed E-state index contributed by atoms with van der Waals surface area (Å²) < 4.78 is 9.74. The highest BCUT2D eigenvalue weighted by Crippen LogP contribution is 2.27. The fourth-order valence-electron chi connectivity index (χ4n) is 3.83. The minimum absolute atomic E-state index is 0.0179. The number of ether oxygens (including phenoxy) is 1. The van der Waals surface area contributed by atoms with Crippen LogP contribution in [0.5, 0.6) is 0 Å². The van der Waals surface area contributed by atoms with Crippen molar-refractivity contribution in [2.75, 3.05) is 13.2 Å². The van der Waals surface area contributed by atoms with Crippen LogP contribution in [0.25, 0.3) is 10.9 Å². The van der Waals surface area contributed by atoms with Crippen molar-refractivity contribution in [2.45, 2.75) is 25.9 Å². The van der Waals surface area contributed by atoms with Crippen molar-refractivity contribution in [3.63, 3.8) is 0 Å². The number of hydrogen-bond acceptors (Lipinski definition) is 3. The predicted molar refractivity (Wildman–Crippen MR) is 100.0 cm³/mol. The fraction of sp³-hybridized carbons (Fsp3) is 0.400. The monoisotopic (exact) mass is 352 g/mol. The quantitative estimate of drug-likeness (QED) is 0.725. The van der Waals surface area contributed by atoms with Crippen LogP contribution in [0.4, 0.5) is 0 Å². The molecule has 2 aromatic heterocycles. The number of hydrogen-bond donors (Lipinski definition) is 0. The number of fused-ring (bicyclic) bond motifs is 2. The Labute approximate surface area is 153 Å². The van der Waals surface area contributed by atoms with Crippen LogP contribution < -0.4 is 0 Å². The summed E-state index contributed by atoms with van der Waals surface area (Å²) in [6.45, 7) is 3.69. The molecular weight excluding hydrogens is 328 g/mol. The van der Waals surface area contributed by atoms with Crippen LogP contribution in [0.15, 0.2) is 36.8 Å². The molecule has 6 nitrogen and oxygen atoms in total. The van der Waals surface area contributed by atoms with E-state index in [2.05, 4.69) is 4.98 Å². The Hall–Kier alpha value is -2.60. The number of rotatable bonds is 4. The second-order valence-corrected chi connectivity index (χ2v) is 6.87. The standard InChI is InChI=1S/C20H24N4O2/c1-4-26-12-14-9-19-17(21-13-23(19)3)11-24(14)20(25)16-10-22(2)18-8-6-5-7-15(16)18/h5-8,10,13-14H,4,9,11-12H2,1-3H3/t14-/m0/s1. The van der Waals surface area contributed by atoms with Crippen molar-refractivity contribution in [3.8, 4) is 0 Å². The second-order valence-electron chi connectivity index (χ2n) is 6.87. The minimum atomic E-state index is 0.0179. The summed E-state index contributed by atoms with van der Waals surface area (Å²) in [5.41, 5.74) is 3.97.